The Morgan fingerprint density at radius 1 is 1.17 bits per heavy atom. The van der Waals surface area contributed by atoms with E-state index in [4.69, 9.17) is 4.74 Å². The van der Waals surface area contributed by atoms with E-state index in [9.17, 15) is 4.79 Å². The quantitative estimate of drug-likeness (QED) is 0.789. The molecular formula is C24H30N4O2. The minimum absolute atomic E-state index is 0.0540. The number of benzene rings is 1. The molecule has 2 atom stereocenters. The van der Waals surface area contributed by atoms with E-state index >= 15 is 0 Å². The van der Waals surface area contributed by atoms with Crippen LogP contribution in [0, 0.1) is 0 Å². The predicted octanol–water partition coefficient (Wildman–Crippen LogP) is 4.62. The van der Waals surface area contributed by atoms with Gasteiger partial charge in [-0.05, 0) is 69.7 Å². The Morgan fingerprint density at radius 3 is 2.90 bits per heavy atom. The van der Waals surface area contributed by atoms with Gasteiger partial charge in [-0.2, -0.15) is 0 Å². The first-order valence-corrected chi connectivity index (χ1v) is 11.3. The molecule has 2 fully saturated rings. The summed E-state index contributed by atoms with van der Waals surface area (Å²) in [6.45, 7) is 4.52. The minimum atomic E-state index is -0.359. The average molecular weight is 407 g/mol. The molecule has 0 radical (unpaired) electrons. The van der Waals surface area contributed by atoms with Crippen molar-refractivity contribution < 1.29 is 9.53 Å². The van der Waals surface area contributed by atoms with Crippen LogP contribution in [0.5, 0.6) is 0 Å². The van der Waals surface area contributed by atoms with Crippen LogP contribution in [0.15, 0.2) is 36.5 Å². The number of anilines is 4. The van der Waals surface area contributed by atoms with Crippen molar-refractivity contribution >= 4 is 28.8 Å². The van der Waals surface area contributed by atoms with Crippen LogP contribution in [-0.4, -0.2) is 36.2 Å². The smallest absolute Gasteiger partial charge is 0.256 e. The largest absolute Gasteiger partial charge is 0.369 e. The minimum Gasteiger partial charge on any atom is -0.369 e. The molecule has 2 saturated heterocycles. The van der Waals surface area contributed by atoms with Gasteiger partial charge in [0.25, 0.3) is 5.91 Å². The summed E-state index contributed by atoms with van der Waals surface area (Å²) in [5, 5.41) is 3.47. The molecule has 6 nitrogen and oxygen atoms in total. The molecule has 30 heavy (non-hydrogen) atoms. The third-order valence-electron chi connectivity index (χ3n) is 6.60. The third-order valence-corrected chi connectivity index (χ3v) is 6.60. The number of carbonyl (C=O) groups excluding carboxylic acids is 1. The van der Waals surface area contributed by atoms with Gasteiger partial charge in [0.1, 0.15) is 11.9 Å². The number of ether oxygens (including phenoxy) is 1. The summed E-state index contributed by atoms with van der Waals surface area (Å²) in [5.41, 5.74) is 4.04. The highest BCUT2D eigenvalue weighted by Crippen LogP contribution is 2.39. The van der Waals surface area contributed by atoms with E-state index in [1.54, 1.807) is 6.20 Å². The zero-order valence-electron chi connectivity index (χ0n) is 17.6. The second-order valence-electron chi connectivity index (χ2n) is 8.66. The van der Waals surface area contributed by atoms with Crippen LogP contribution in [0.2, 0.25) is 0 Å². The number of amides is 1. The zero-order chi connectivity index (χ0) is 20.5. The van der Waals surface area contributed by atoms with Gasteiger partial charge >= 0.3 is 0 Å². The van der Waals surface area contributed by atoms with Crippen molar-refractivity contribution in [2.75, 3.05) is 28.3 Å². The fourth-order valence-electron chi connectivity index (χ4n) is 4.88. The summed E-state index contributed by atoms with van der Waals surface area (Å²) in [6.07, 6.45) is 8.01. The van der Waals surface area contributed by atoms with Gasteiger partial charge in [-0.3, -0.25) is 4.79 Å². The van der Waals surface area contributed by atoms with Crippen LogP contribution in [0.1, 0.15) is 51.0 Å². The molecule has 2 unspecified atom stereocenters. The van der Waals surface area contributed by atoms with Crippen molar-refractivity contribution in [3.8, 4) is 0 Å². The van der Waals surface area contributed by atoms with Gasteiger partial charge in [-0.15, -0.1) is 0 Å². The highest BCUT2D eigenvalue weighted by molar-refractivity contribution is 6.01. The van der Waals surface area contributed by atoms with Gasteiger partial charge < -0.3 is 19.9 Å². The van der Waals surface area contributed by atoms with Crippen LogP contribution < -0.4 is 15.1 Å². The number of piperidine rings is 1. The number of hydrogen-bond acceptors (Lipinski definition) is 5. The topological polar surface area (TPSA) is 57.7 Å². The van der Waals surface area contributed by atoms with Crippen molar-refractivity contribution in [3.05, 3.63) is 42.1 Å². The molecule has 0 saturated carbocycles. The predicted molar refractivity (Wildman–Crippen MR) is 119 cm³/mol. The lowest BCUT2D eigenvalue weighted by Gasteiger charge is -2.36. The Morgan fingerprint density at radius 2 is 2.07 bits per heavy atom. The molecule has 2 aromatic rings. The number of hydrogen-bond donors (Lipinski definition) is 1. The first-order valence-electron chi connectivity index (χ1n) is 11.3. The van der Waals surface area contributed by atoms with Crippen LogP contribution in [-0.2, 0) is 16.1 Å². The summed E-state index contributed by atoms with van der Waals surface area (Å²) in [5.74, 6) is 0.871. The normalized spacial score (nSPS) is 23.8. The maximum absolute atomic E-state index is 13.6. The highest BCUT2D eigenvalue weighted by Gasteiger charge is 2.32. The Kier molecular flexibility index (Phi) is 5.34. The number of aromatic nitrogens is 1. The maximum Gasteiger partial charge on any atom is 0.256 e. The molecule has 1 amide bonds. The molecule has 158 valence electrons. The molecule has 0 spiro atoms. The van der Waals surface area contributed by atoms with Crippen molar-refractivity contribution in [1.82, 2.24) is 4.98 Å². The second-order valence-corrected chi connectivity index (χ2v) is 8.66. The van der Waals surface area contributed by atoms with Crippen molar-refractivity contribution in [2.24, 2.45) is 0 Å². The van der Waals surface area contributed by atoms with Gasteiger partial charge in [-0.25, -0.2) is 4.98 Å². The SMILES string of the molecule is CC1CCCCN1c1ccc2c(c1)N(C(=O)C1CCCCO1)Cc1cccnc1N2. The zero-order valence-corrected chi connectivity index (χ0v) is 17.6. The number of nitrogens with zero attached hydrogens (tertiary/aromatic N) is 3. The first kappa shape index (κ1) is 19.4. The summed E-state index contributed by atoms with van der Waals surface area (Å²) >= 11 is 0. The van der Waals surface area contributed by atoms with Crippen molar-refractivity contribution in [2.45, 2.75) is 64.1 Å². The average Bonchev–Trinajstić information content (AvgIpc) is 2.96. The van der Waals surface area contributed by atoms with Gasteiger partial charge in [0, 0.05) is 36.6 Å². The number of fused-ring (bicyclic) bond motifs is 2. The molecule has 3 aliphatic rings. The fourth-order valence-corrected chi connectivity index (χ4v) is 4.88. The molecule has 6 heteroatoms. The maximum atomic E-state index is 13.6. The molecule has 4 heterocycles. The van der Waals surface area contributed by atoms with Crippen LogP contribution in [0.25, 0.3) is 0 Å². The van der Waals surface area contributed by atoms with Gasteiger partial charge in [-0.1, -0.05) is 6.07 Å². The fraction of sp³-hybridized carbons (Fsp3) is 0.500. The summed E-state index contributed by atoms with van der Waals surface area (Å²) < 4.78 is 5.86. The third kappa shape index (κ3) is 3.65. The van der Waals surface area contributed by atoms with Crippen molar-refractivity contribution in [3.63, 3.8) is 0 Å². The van der Waals surface area contributed by atoms with Gasteiger partial charge in [0.2, 0.25) is 0 Å². The van der Waals surface area contributed by atoms with Gasteiger partial charge in [0.15, 0.2) is 0 Å². The molecule has 1 aromatic heterocycles. The molecule has 1 N–H and O–H groups in total. The highest BCUT2D eigenvalue weighted by atomic mass is 16.5. The van der Waals surface area contributed by atoms with E-state index < -0.39 is 0 Å². The van der Waals surface area contributed by atoms with E-state index in [2.05, 4.69) is 40.3 Å². The lowest BCUT2D eigenvalue weighted by molar-refractivity contribution is -0.132. The molecular weight excluding hydrogens is 376 g/mol. The molecule has 0 aliphatic carbocycles. The number of rotatable bonds is 2. The van der Waals surface area contributed by atoms with Gasteiger partial charge in [0.05, 0.1) is 17.9 Å². The van der Waals surface area contributed by atoms with E-state index in [0.717, 1.165) is 48.6 Å². The number of pyridine rings is 1. The number of nitrogens with one attached hydrogen (secondary N) is 1. The summed E-state index contributed by atoms with van der Waals surface area (Å²) in [7, 11) is 0. The van der Waals surface area contributed by atoms with Crippen LogP contribution >= 0.6 is 0 Å². The van der Waals surface area contributed by atoms with E-state index in [-0.39, 0.29) is 12.0 Å². The summed E-state index contributed by atoms with van der Waals surface area (Å²) in [4.78, 5) is 22.5. The Bertz CT molecular complexity index is 925. The lowest BCUT2D eigenvalue weighted by Crippen LogP contribution is -2.42. The summed E-state index contributed by atoms with van der Waals surface area (Å²) in [6, 6.07) is 10.9. The van der Waals surface area contributed by atoms with E-state index in [0.29, 0.717) is 19.2 Å². The Labute approximate surface area is 178 Å². The second kappa shape index (κ2) is 8.26. The molecule has 3 aliphatic heterocycles. The lowest BCUT2D eigenvalue weighted by atomic mass is 10.0. The number of carbonyl (C=O) groups is 1. The first-order chi connectivity index (χ1) is 14.7. The van der Waals surface area contributed by atoms with E-state index in [1.165, 1.54) is 24.9 Å². The molecule has 0 bridgehead atoms. The Balaban J connectivity index is 1.55. The van der Waals surface area contributed by atoms with Crippen LogP contribution in [0.3, 0.4) is 0 Å². The van der Waals surface area contributed by atoms with Crippen molar-refractivity contribution in [1.29, 1.82) is 0 Å². The van der Waals surface area contributed by atoms with E-state index in [1.807, 2.05) is 17.0 Å². The standard InChI is InChI=1S/C24H30N4O2/c1-17-7-2-4-13-27(17)19-10-11-20-21(15-19)28(24(29)22-9-3-5-14-30-22)16-18-8-6-12-25-23(18)26-20/h6,8,10-12,15,17,22H,2-5,7,9,13-14,16H2,1H3,(H,25,26). The molecule has 5 rings (SSSR count). The molecule has 1 aromatic carbocycles. The van der Waals surface area contributed by atoms with Crippen LogP contribution in [0.4, 0.5) is 22.9 Å². The Hall–Kier alpha value is -2.60. The monoisotopic (exact) mass is 406 g/mol.